The van der Waals surface area contributed by atoms with Crippen LogP contribution in [0.25, 0.3) is 55.1 Å². The molecule has 6 aromatic carbocycles. The predicted molar refractivity (Wildman–Crippen MR) is 187 cm³/mol. The van der Waals surface area contributed by atoms with Crippen LogP contribution >= 0.6 is 0 Å². The second kappa shape index (κ2) is 7.57. The fourth-order valence-electron chi connectivity index (χ4n) is 9.40. The van der Waals surface area contributed by atoms with Gasteiger partial charge in [0.2, 0.25) is 0 Å². The molecule has 5 heteroatoms. The first-order valence-corrected chi connectivity index (χ1v) is 16.1. The molecule has 0 radical (unpaired) electrons. The van der Waals surface area contributed by atoms with Crippen LogP contribution in [-0.4, -0.2) is 11.3 Å². The number of aromatic nitrogens is 1. The van der Waals surface area contributed by atoms with E-state index in [0.717, 1.165) is 44.8 Å². The zero-order valence-electron chi connectivity index (χ0n) is 25.3. The Balaban J connectivity index is 1.34. The van der Waals surface area contributed by atoms with Crippen molar-refractivity contribution in [1.29, 1.82) is 0 Å². The average Bonchev–Trinajstić information content (AvgIpc) is 3.71. The number of rotatable bonds is 0. The lowest BCUT2D eigenvalue weighted by Gasteiger charge is -2.44. The van der Waals surface area contributed by atoms with Gasteiger partial charge < -0.3 is 18.5 Å². The van der Waals surface area contributed by atoms with Gasteiger partial charge in [0.1, 0.15) is 11.2 Å². The average molecular weight is 588 g/mol. The lowest BCUT2D eigenvalue weighted by atomic mass is 9.44. The van der Waals surface area contributed by atoms with Gasteiger partial charge in [0.15, 0.2) is 11.5 Å². The highest BCUT2D eigenvalue weighted by atomic mass is 16.5. The van der Waals surface area contributed by atoms with Gasteiger partial charge in [0, 0.05) is 55.2 Å². The van der Waals surface area contributed by atoms with Gasteiger partial charge in [-0.3, -0.25) is 0 Å². The molecule has 0 saturated carbocycles. The lowest BCUT2D eigenvalue weighted by Crippen LogP contribution is -2.58. The Hall–Kier alpha value is -5.68. The van der Waals surface area contributed by atoms with Crippen molar-refractivity contribution in [2.75, 3.05) is 4.90 Å². The van der Waals surface area contributed by atoms with E-state index in [1.807, 2.05) is 0 Å². The summed E-state index contributed by atoms with van der Waals surface area (Å²) in [6, 6.07) is 41.7. The van der Waals surface area contributed by atoms with Crippen LogP contribution in [0.15, 0.2) is 120 Å². The first kappa shape index (κ1) is 23.7. The molecule has 0 N–H and O–H groups in total. The van der Waals surface area contributed by atoms with Gasteiger partial charge in [0.25, 0.3) is 0 Å². The second-order valence-electron chi connectivity index (χ2n) is 13.6. The van der Waals surface area contributed by atoms with E-state index in [-0.39, 0.29) is 12.3 Å². The molecule has 46 heavy (non-hydrogen) atoms. The number of ether oxygens (including phenoxy) is 1. The van der Waals surface area contributed by atoms with E-state index in [2.05, 4.69) is 138 Å². The molecule has 0 fully saturated rings. The molecule has 2 aromatic heterocycles. The zero-order valence-corrected chi connectivity index (χ0v) is 25.3. The first-order valence-electron chi connectivity index (χ1n) is 16.1. The molecule has 12 rings (SSSR count). The van der Waals surface area contributed by atoms with Crippen LogP contribution in [0.3, 0.4) is 0 Å². The second-order valence-corrected chi connectivity index (χ2v) is 13.6. The monoisotopic (exact) mass is 588 g/mol. The molecular weight excluding hydrogens is 563 g/mol. The number of benzene rings is 6. The molecule has 4 aliphatic rings. The Morgan fingerprint density at radius 3 is 2.37 bits per heavy atom. The maximum Gasteiger partial charge on any atom is 0.333 e. The fourth-order valence-corrected chi connectivity index (χ4v) is 9.40. The van der Waals surface area contributed by atoms with Gasteiger partial charge in [-0.05, 0) is 52.4 Å². The van der Waals surface area contributed by atoms with E-state index in [1.54, 1.807) is 0 Å². The molecule has 3 aliphatic heterocycles. The minimum Gasteiger partial charge on any atom is -0.455 e. The minimum absolute atomic E-state index is 0.0580. The highest BCUT2D eigenvalue weighted by molar-refractivity contribution is 6.90. The third-order valence-electron chi connectivity index (χ3n) is 11.1. The molecule has 0 bridgehead atoms. The van der Waals surface area contributed by atoms with Crippen LogP contribution in [0, 0.1) is 0 Å². The van der Waals surface area contributed by atoms with Crippen LogP contribution in [0.2, 0.25) is 0 Å². The van der Waals surface area contributed by atoms with Crippen LogP contribution in [0.1, 0.15) is 25.1 Å². The third kappa shape index (κ3) is 2.46. The Morgan fingerprint density at radius 2 is 1.41 bits per heavy atom. The Labute approximate surface area is 265 Å². The Kier molecular flexibility index (Phi) is 3.90. The van der Waals surface area contributed by atoms with Crippen molar-refractivity contribution in [3.05, 3.63) is 127 Å². The minimum atomic E-state index is -0.182. The summed E-state index contributed by atoms with van der Waals surface area (Å²) in [5, 5.41) is 3.59. The van der Waals surface area contributed by atoms with E-state index < -0.39 is 0 Å². The zero-order chi connectivity index (χ0) is 30.1. The number of hydrogen-bond donors (Lipinski definition) is 0. The molecule has 0 saturated heterocycles. The van der Waals surface area contributed by atoms with Crippen LogP contribution in [-0.2, 0) is 5.41 Å². The van der Waals surface area contributed by atoms with Gasteiger partial charge in [-0.15, -0.1) is 0 Å². The van der Waals surface area contributed by atoms with E-state index >= 15 is 0 Å². The van der Waals surface area contributed by atoms with Gasteiger partial charge in [0.05, 0.1) is 11.4 Å². The summed E-state index contributed by atoms with van der Waals surface area (Å²) in [7, 11) is 0. The topological polar surface area (TPSA) is 30.5 Å². The van der Waals surface area contributed by atoms with Gasteiger partial charge in [-0.1, -0.05) is 98.8 Å². The summed E-state index contributed by atoms with van der Waals surface area (Å²) < 4.78 is 16.2. The van der Waals surface area contributed by atoms with Crippen LogP contribution < -0.4 is 20.6 Å². The van der Waals surface area contributed by atoms with Crippen molar-refractivity contribution in [3.8, 4) is 33.8 Å². The highest BCUT2D eigenvalue weighted by Crippen LogP contribution is 2.58. The van der Waals surface area contributed by atoms with Crippen molar-refractivity contribution < 1.29 is 9.15 Å². The van der Waals surface area contributed by atoms with Crippen LogP contribution in [0.4, 0.5) is 17.1 Å². The van der Waals surface area contributed by atoms with Gasteiger partial charge in [-0.25, -0.2) is 0 Å². The molecule has 214 valence electrons. The molecule has 8 aromatic rings. The standard InChI is InChI=1S/C41H25BN2O2/c1-41(2)27-15-5-3-12-23(27)34-24-13-9-14-25-35-36-30(21-26-22-11-4-7-18-31(22)46-39(26)35)43-29-17-6-8-19-32(29)45-33-20-10-16-28(38(33)43)42(36)44(37(24)25)40(34)41/h3-21H,1-2H3. The molecule has 0 atom stereocenters. The molecule has 1 aliphatic carbocycles. The Bertz CT molecular complexity index is 2730. The summed E-state index contributed by atoms with van der Waals surface area (Å²) in [5.74, 6) is 1.76. The highest BCUT2D eigenvalue weighted by Gasteiger charge is 2.50. The van der Waals surface area contributed by atoms with Crippen molar-refractivity contribution in [2.24, 2.45) is 0 Å². The van der Waals surface area contributed by atoms with E-state index in [4.69, 9.17) is 9.15 Å². The summed E-state index contributed by atoms with van der Waals surface area (Å²) in [6.07, 6.45) is 0. The molecular formula is C41H25BN2O2. The van der Waals surface area contributed by atoms with Crippen LogP contribution in [0.5, 0.6) is 11.5 Å². The van der Waals surface area contributed by atoms with Crippen molar-refractivity contribution in [3.63, 3.8) is 0 Å². The number of fused-ring (bicyclic) bond motifs is 15. The number of para-hydroxylation sites is 5. The lowest BCUT2D eigenvalue weighted by molar-refractivity contribution is 0.477. The smallest absolute Gasteiger partial charge is 0.333 e. The van der Waals surface area contributed by atoms with E-state index in [1.165, 1.54) is 61.0 Å². The number of nitrogens with zero attached hydrogens (tertiary/aromatic N) is 2. The predicted octanol–water partition coefficient (Wildman–Crippen LogP) is 9.37. The largest absolute Gasteiger partial charge is 0.455 e. The van der Waals surface area contributed by atoms with Crippen molar-refractivity contribution >= 4 is 67.7 Å². The molecule has 0 unspecified atom stereocenters. The maximum atomic E-state index is 6.86. The van der Waals surface area contributed by atoms with E-state index in [9.17, 15) is 0 Å². The first-order chi connectivity index (χ1) is 22.6. The van der Waals surface area contributed by atoms with Gasteiger partial charge in [-0.2, -0.15) is 0 Å². The Morgan fingerprint density at radius 1 is 0.652 bits per heavy atom. The summed E-state index contributed by atoms with van der Waals surface area (Å²) in [4.78, 5) is 2.45. The fraction of sp³-hybridized carbons (Fsp3) is 0.0732. The van der Waals surface area contributed by atoms with Crippen molar-refractivity contribution in [2.45, 2.75) is 19.3 Å². The summed E-state index contributed by atoms with van der Waals surface area (Å²) >= 11 is 0. The number of hydrogen-bond acceptors (Lipinski definition) is 3. The van der Waals surface area contributed by atoms with Crippen molar-refractivity contribution in [1.82, 2.24) is 4.48 Å². The summed E-state index contributed by atoms with van der Waals surface area (Å²) in [5.41, 5.74) is 16.8. The van der Waals surface area contributed by atoms with Gasteiger partial charge >= 0.3 is 6.85 Å². The maximum absolute atomic E-state index is 6.86. The quantitative estimate of drug-likeness (QED) is 0.165. The third-order valence-corrected chi connectivity index (χ3v) is 11.1. The number of furan rings is 1. The molecule has 0 spiro atoms. The molecule has 5 heterocycles. The summed E-state index contributed by atoms with van der Waals surface area (Å²) in [6.45, 7) is 4.73. The van der Waals surface area contributed by atoms with E-state index in [0.29, 0.717) is 0 Å². The molecule has 4 nitrogen and oxygen atoms in total. The molecule has 0 amide bonds. The number of anilines is 3. The SMILES string of the molecule is CC1(C)c2ccccc2-c2c1n1c3c(cccc23)-c2c3c(cc4c2oc2ccccc24)N2c4ccccc4Oc4cccc(c42)B31. The normalized spacial score (nSPS) is 15.4.